The van der Waals surface area contributed by atoms with Gasteiger partial charge in [-0.05, 0) is 0 Å². The summed E-state index contributed by atoms with van der Waals surface area (Å²) in [5.41, 5.74) is 4.32. The summed E-state index contributed by atoms with van der Waals surface area (Å²) in [6.07, 6.45) is 1.64. The van der Waals surface area contributed by atoms with Crippen LogP contribution in [0.5, 0.6) is 11.5 Å². The second kappa shape index (κ2) is 6.71. The third-order valence-electron chi connectivity index (χ3n) is 4.05. The molecule has 2 aromatic heterocycles. The van der Waals surface area contributed by atoms with Gasteiger partial charge in [-0.15, -0.1) is 0 Å². The van der Waals surface area contributed by atoms with Crippen LogP contribution in [0.1, 0.15) is 0 Å². The number of hydrogen-bond acceptors (Lipinski definition) is 4. The Labute approximate surface area is 151 Å². The van der Waals surface area contributed by atoms with E-state index in [4.69, 9.17) is 9.47 Å². The SMILES string of the molecule is COc1ccc(-c2cc3ncnc(-c4ccc(OC)cc4)c3[se]2)cc1. The first kappa shape index (κ1) is 15.9. The first-order valence-electron chi connectivity index (χ1n) is 7.82. The number of aromatic nitrogens is 2. The van der Waals surface area contributed by atoms with Crippen molar-refractivity contribution in [2.45, 2.75) is 0 Å². The molecule has 0 radical (unpaired) electrons. The van der Waals surface area contributed by atoms with E-state index >= 15 is 0 Å². The Morgan fingerprint density at radius 2 is 1.36 bits per heavy atom. The van der Waals surface area contributed by atoms with Gasteiger partial charge in [-0.3, -0.25) is 0 Å². The van der Waals surface area contributed by atoms with Gasteiger partial charge in [0.1, 0.15) is 0 Å². The quantitative estimate of drug-likeness (QED) is 0.490. The third kappa shape index (κ3) is 3.04. The molecule has 4 aromatic rings. The second-order valence-corrected chi connectivity index (χ2v) is 7.71. The molecule has 0 N–H and O–H groups in total. The van der Waals surface area contributed by atoms with Crippen LogP contribution in [0, 0.1) is 0 Å². The van der Waals surface area contributed by atoms with Gasteiger partial charge in [0.15, 0.2) is 0 Å². The van der Waals surface area contributed by atoms with Crippen LogP contribution in [0.15, 0.2) is 60.9 Å². The molecule has 2 heterocycles. The Hall–Kier alpha value is -2.62. The fourth-order valence-corrected chi connectivity index (χ4v) is 5.07. The molecule has 0 aliphatic rings. The Kier molecular flexibility index (Phi) is 4.26. The van der Waals surface area contributed by atoms with Gasteiger partial charge >= 0.3 is 152 Å². The summed E-state index contributed by atoms with van der Waals surface area (Å²) in [4.78, 5) is 9.01. The summed E-state index contributed by atoms with van der Waals surface area (Å²) >= 11 is 0.167. The molecule has 2 aromatic carbocycles. The van der Waals surface area contributed by atoms with Crippen LogP contribution in [-0.2, 0) is 0 Å². The normalized spacial score (nSPS) is 10.8. The van der Waals surface area contributed by atoms with Gasteiger partial charge < -0.3 is 0 Å². The fourth-order valence-electron chi connectivity index (χ4n) is 2.71. The van der Waals surface area contributed by atoms with Crippen molar-refractivity contribution < 1.29 is 9.47 Å². The summed E-state index contributed by atoms with van der Waals surface area (Å²) in [7, 11) is 3.35. The topological polar surface area (TPSA) is 44.2 Å². The standard InChI is InChI=1S/C20H16N2O2Se/c1-23-15-7-3-13(4-8-15)18-11-17-20(25-18)19(22-12-21-17)14-5-9-16(24-2)10-6-14/h3-12H,1-2H3. The van der Waals surface area contributed by atoms with E-state index in [0.29, 0.717) is 0 Å². The zero-order valence-corrected chi connectivity index (χ0v) is 15.6. The van der Waals surface area contributed by atoms with Crippen LogP contribution in [0.25, 0.3) is 31.0 Å². The Morgan fingerprint density at radius 1 is 0.760 bits per heavy atom. The molecule has 0 atom stereocenters. The molecule has 0 amide bonds. The van der Waals surface area contributed by atoms with E-state index in [0.717, 1.165) is 28.3 Å². The van der Waals surface area contributed by atoms with Gasteiger partial charge in [0, 0.05) is 0 Å². The molecule has 0 aliphatic heterocycles. The minimum absolute atomic E-state index is 0.167. The van der Waals surface area contributed by atoms with Crippen molar-refractivity contribution in [3.63, 3.8) is 0 Å². The van der Waals surface area contributed by atoms with Crippen molar-refractivity contribution in [3.05, 3.63) is 60.9 Å². The zero-order valence-electron chi connectivity index (χ0n) is 13.9. The van der Waals surface area contributed by atoms with Crippen LogP contribution >= 0.6 is 0 Å². The number of ether oxygens (including phenoxy) is 2. The van der Waals surface area contributed by atoms with Crippen molar-refractivity contribution >= 4 is 24.3 Å². The summed E-state index contributed by atoms with van der Waals surface area (Å²) in [6, 6.07) is 18.4. The van der Waals surface area contributed by atoms with Gasteiger partial charge in [0.2, 0.25) is 0 Å². The number of hydrogen-bond donors (Lipinski definition) is 0. The monoisotopic (exact) mass is 396 g/mol. The van der Waals surface area contributed by atoms with E-state index in [1.165, 1.54) is 14.3 Å². The number of rotatable bonds is 4. The van der Waals surface area contributed by atoms with Crippen molar-refractivity contribution in [1.29, 1.82) is 0 Å². The van der Waals surface area contributed by atoms with Crippen LogP contribution in [0.2, 0.25) is 0 Å². The average molecular weight is 395 g/mol. The number of methoxy groups -OCH3 is 2. The van der Waals surface area contributed by atoms with E-state index in [2.05, 4.69) is 28.2 Å². The molecule has 5 heteroatoms. The van der Waals surface area contributed by atoms with Crippen molar-refractivity contribution in [2.75, 3.05) is 14.2 Å². The first-order valence-corrected chi connectivity index (χ1v) is 9.53. The molecule has 0 unspecified atom stereocenters. The molecule has 0 aliphatic carbocycles. The van der Waals surface area contributed by atoms with Crippen molar-refractivity contribution in [3.8, 4) is 32.8 Å². The van der Waals surface area contributed by atoms with Gasteiger partial charge in [0.05, 0.1) is 0 Å². The predicted octanol–water partition coefficient (Wildman–Crippen LogP) is 4.04. The first-order chi connectivity index (χ1) is 12.3. The molecule has 25 heavy (non-hydrogen) atoms. The van der Waals surface area contributed by atoms with Crippen molar-refractivity contribution in [1.82, 2.24) is 9.97 Å². The van der Waals surface area contributed by atoms with E-state index < -0.39 is 0 Å². The van der Waals surface area contributed by atoms with Gasteiger partial charge in [-0.25, -0.2) is 0 Å². The third-order valence-corrected chi connectivity index (χ3v) is 6.53. The Balaban J connectivity index is 1.79. The number of benzene rings is 2. The summed E-state index contributed by atoms with van der Waals surface area (Å²) < 4.78 is 13.0. The fraction of sp³-hybridized carbons (Fsp3) is 0.100. The molecule has 0 bridgehead atoms. The molecular weight excluding hydrogens is 379 g/mol. The second-order valence-electron chi connectivity index (χ2n) is 5.50. The molecular formula is C20H16N2O2Se. The van der Waals surface area contributed by atoms with Crippen LogP contribution in [-0.4, -0.2) is 38.7 Å². The van der Waals surface area contributed by atoms with E-state index in [1.54, 1.807) is 20.5 Å². The van der Waals surface area contributed by atoms with E-state index in [1.807, 2.05) is 36.4 Å². The molecule has 0 saturated carbocycles. The van der Waals surface area contributed by atoms with Crippen LogP contribution < -0.4 is 9.47 Å². The minimum atomic E-state index is 0.167. The molecule has 0 fully saturated rings. The molecule has 4 rings (SSSR count). The summed E-state index contributed by atoms with van der Waals surface area (Å²) in [5.74, 6) is 1.71. The zero-order chi connectivity index (χ0) is 17.2. The maximum absolute atomic E-state index is 5.24. The number of fused-ring (bicyclic) bond motifs is 1. The Morgan fingerprint density at radius 3 is 1.96 bits per heavy atom. The van der Waals surface area contributed by atoms with Gasteiger partial charge in [-0.2, -0.15) is 0 Å². The van der Waals surface area contributed by atoms with Crippen LogP contribution in [0.3, 0.4) is 0 Å². The summed E-state index contributed by atoms with van der Waals surface area (Å²) in [5, 5.41) is 0. The molecule has 0 saturated heterocycles. The van der Waals surface area contributed by atoms with E-state index in [9.17, 15) is 0 Å². The maximum atomic E-state index is 5.24. The Bertz CT molecular complexity index is 1010. The van der Waals surface area contributed by atoms with Gasteiger partial charge in [0.25, 0.3) is 0 Å². The van der Waals surface area contributed by atoms with Crippen molar-refractivity contribution in [2.24, 2.45) is 0 Å². The molecule has 124 valence electrons. The van der Waals surface area contributed by atoms with Crippen LogP contribution in [0.4, 0.5) is 0 Å². The van der Waals surface area contributed by atoms with Gasteiger partial charge in [-0.1, -0.05) is 0 Å². The summed E-state index contributed by atoms with van der Waals surface area (Å²) in [6.45, 7) is 0. The average Bonchev–Trinajstić information content (AvgIpc) is 3.12. The number of nitrogens with zero attached hydrogens (tertiary/aromatic N) is 2. The van der Waals surface area contributed by atoms with E-state index in [-0.39, 0.29) is 14.5 Å². The molecule has 0 spiro atoms. The predicted molar refractivity (Wildman–Crippen MR) is 100 cm³/mol. The molecule has 4 nitrogen and oxygen atoms in total.